The van der Waals surface area contributed by atoms with Crippen LogP contribution in [0.5, 0.6) is 0 Å². The third-order valence-corrected chi connectivity index (χ3v) is 4.45. The molecule has 0 saturated carbocycles. The van der Waals surface area contributed by atoms with Crippen molar-refractivity contribution in [2.24, 2.45) is 0 Å². The van der Waals surface area contributed by atoms with Crippen molar-refractivity contribution >= 4 is 15.9 Å². The number of benzene rings is 2. The van der Waals surface area contributed by atoms with Gasteiger partial charge in [0.25, 0.3) is 0 Å². The summed E-state index contributed by atoms with van der Waals surface area (Å²) in [5.41, 5.74) is 3.78. The molecule has 2 aromatic carbocycles. The summed E-state index contributed by atoms with van der Waals surface area (Å²) in [4.78, 5) is 0. The Balaban J connectivity index is 1.72. The lowest BCUT2D eigenvalue weighted by atomic mass is 10.1. The molecule has 0 spiro atoms. The Labute approximate surface area is 121 Å². The number of fused-ring (bicyclic) bond motifs is 1. The Morgan fingerprint density at radius 2 is 2.05 bits per heavy atom. The molecule has 0 heterocycles. The smallest absolute Gasteiger partial charge is 0.123 e. The molecule has 0 aliphatic heterocycles. The monoisotopic (exact) mass is 319 g/mol. The average Bonchev–Trinajstić information content (AvgIpc) is 2.83. The molecule has 0 aromatic heterocycles. The standard InChI is InChI=1S/C16H15BrFN/c17-15-7-6-13(18)9-12(15)10-19-16-8-5-11-3-1-2-4-14(11)16/h1-4,6-7,9,16,19H,5,8,10H2. The number of aryl methyl sites for hydroxylation is 1. The van der Waals surface area contributed by atoms with E-state index in [0.717, 1.165) is 22.9 Å². The fourth-order valence-corrected chi connectivity index (χ4v) is 3.07. The average molecular weight is 320 g/mol. The number of hydrogen-bond acceptors (Lipinski definition) is 1. The fraction of sp³-hybridized carbons (Fsp3) is 0.250. The van der Waals surface area contributed by atoms with Crippen molar-refractivity contribution in [3.8, 4) is 0 Å². The molecular formula is C16H15BrFN. The van der Waals surface area contributed by atoms with Crippen LogP contribution in [0.1, 0.15) is 29.2 Å². The number of hydrogen-bond donors (Lipinski definition) is 1. The van der Waals surface area contributed by atoms with E-state index in [1.165, 1.54) is 17.2 Å². The van der Waals surface area contributed by atoms with Crippen molar-refractivity contribution in [2.75, 3.05) is 0 Å². The van der Waals surface area contributed by atoms with Crippen LogP contribution in [0.3, 0.4) is 0 Å². The van der Waals surface area contributed by atoms with Gasteiger partial charge in [0.2, 0.25) is 0 Å². The Morgan fingerprint density at radius 1 is 1.21 bits per heavy atom. The van der Waals surface area contributed by atoms with Gasteiger partial charge in [-0.1, -0.05) is 40.2 Å². The lowest BCUT2D eigenvalue weighted by molar-refractivity contribution is 0.527. The largest absolute Gasteiger partial charge is 0.306 e. The van der Waals surface area contributed by atoms with Crippen molar-refractivity contribution in [1.82, 2.24) is 5.32 Å². The maximum Gasteiger partial charge on any atom is 0.123 e. The molecule has 0 fully saturated rings. The van der Waals surface area contributed by atoms with Crippen LogP contribution in [0.25, 0.3) is 0 Å². The fourth-order valence-electron chi connectivity index (χ4n) is 2.68. The molecule has 1 aliphatic rings. The first-order valence-electron chi connectivity index (χ1n) is 6.49. The Hall–Kier alpha value is -1.19. The van der Waals surface area contributed by atoms with Gasteiger partial charge in [-0.05, 0) is 47.7 Å². The van der Waals surface area contributed by atoms with Gasteiger partial charge in [0.1, 0.15) is 5.82 Å². The van der Waals surface area contributed by atoms with E-state index in [4.69, 9.17) is 0 Å². The normalized spacial score (nSPS) is 17.5. The Bertz CT molecular complexity index is 597. The van der Waals surface area contributed by atoms with Crippen molar-refractivity contribution < 1.29 is 4.39 Å². The predicted octanol–water partition coefficient (Wildman–Crippen LogP) is 4.37. The highest BCUT2D eigenvalue weighted by molar-refractivity contribution is 9.10. The van der Waals surface area contributed by atoms with Crippen LogP contribution in [-0.2, 0) is 13.0 Å². The van der Waals surface area contributed by atoms with Crippen molar-refractivity contribution in [2.45, 2.75) is 25.4 Å². The first kappa shape index (κ1) is 12.8. The summed E-state index contributed by atoms with van der Waals surface area (Å²) in [6, 6.07) is 13.7. The minimum Gasteiger partial charge on any atom is -0.306 e. The van der Waals surface area contributed by atoms with Crippen LogP contribution < -0.4 is 5.32 Å². The Kier molecular flexibility index (Phi) is 3.67. The van der Waals surface area contributed by atoms with Gasteiger partial charge in [0, 0.05) is 17.1 Å². The Morgan fingerprint density at radius 3 is 2.95 bits per heavy atom. The highest BCUT2D eigenvalue weighted by Crippen LogP contribution is 2.31. The topological polar surface area (TPSA) is 12.0 Å². The third-order valence-electron chi connectivity index (χ3n) is 3.68. The van der Waals surface area contributed by atoms with Gasteiger partial charge in [0.05, 0.1) is 0 Å². The lowest BCUT2D eigenvalue weighted by Gasteiger charge is -2.15. The second-order valence-corrected chi connectivity index (χ2v) is 5.76. The second kappa shape index (κ2) is 5.43. The molecule has 1 atom stereocenters. The molecule has 1 unspecified atom stereocenters. The van der Waals surface area contributed by atoms with Gasteiger partial charge in [0.15, 0.2) is 0 Å². The maximum absolute atomic E-state index is 13.2. The van der Waals surface area contributed by atoms with Crippen LogP contribution in [0.4, 0.5) is 4.39 Å². The first-order chi connectivity index (χ1) is 9.24. The van der Waals surface area contributed by atoms with Gasteiger partial charge in [-0.3, -0.25) is 0 Å². The number of halogens is 2. The minimum atomic E-state index is -0.188. The molecule has 0 bridgehead atoms. The van der Waals surface area contributed by atoms with Crippen LogP contribution in [0.15, 0.2) is 46.9 Å². The van der Waals surface area contributed by atoms with Crippen LogP contribution in [0, 0.1) is 5.82 Å². The van der Waals surface area contributed by atoms with Crippen LogP contribution in [0.2, 0.25) is 0 Å². The molecule has 3 rings (SSSR count). The summed E-state index contributed by atoms with van der Waals surface area (Å²) in [6.45, 7) is 0.678. The van der Waals surface area contributed by atoms with Gasteiger partial charge in [-0.15, -0.1) is 0 Å². The van der Waals surface area contributed by atoms with E-state index in [9.17, 15) is 4.39 Å². The van der Waals surface area contributed by atoms with Gasteiger partial charge in [-0.25, -0.2) is 4.39 Å². The molecule has 3 heteroatoms. The summed E-state index contributed by atoms with van der Waals surface area (Å²) in [6.07, 6.45) is 2.24. The van der Waals surface area contributed by atoms with E-state index < -0.39 is 0 Å². The molecule has 1 nitrogen and oxygen atoms in total. The van der Waals surface area contributed by atoms with E-state index in [0.29, 0.717) is 12.6 Å². The molecular weight excluding hydrogens is 305 g/mol. The molecule has 1 N–H and O–H groups in total. The van der Waals surface area contributed by atoms with Crippen LogP contribution >= 0.6 is 15.9 Å². The lowest BCUT2D eigenvalue weighted by Crippen LogP contribution is -2.19. The first-order valence-corrected chi connectivity index (χ1v) is 7.28. The zero-order valence-corrected chi connectivity index (χ0v) is 12.1. The van der Waals surface area contributed by atoms with E-state index in [1.54, 1.807) is 12.1 Å². The summed E-state index contributed by atoms with van der Waals surface area (Å²) < 4.78 is 14.2. The zero-order valence-electron chi connectivity index (χ0n) is 10.5. The molecule has 1 aliphatic carbocycles. The van der Waals surface area contributed by atoms with E-state index in [1.807, 2.05) is 0 Å². The molecule has 98 valence electrons. The molecule has 2 aromatic rings. The van der Waals surface area contributed by atoms with Crippen LogP contribution in [-0.4, -0.2) is 0 Å². The SMILES string of the molecule is Fc1ccc(Br)c(CNC2CCc3ccccc32)c1. The van der Waals surface area contributed by atoms with Gasteiger partial charge in [-0.2, -0.15) is 0 Å². The number of rotatable bonds is 3. The minimum absolute atomic E-state index is 0.188. The van der Waals surface area contributed by atoms with Crippen molar-refractivity contribution in [3.05, 3.63) is 69.4 Å². The highest BCUT2D eigenvalue weighted by Gasteiger charge is 2.21. The van der Waals surface area contributed by atoms with E-state index >= 15 is 0 Å². The molecule has 0 saturated heterocycles. The van der Waals surface area contributed by atoms with E-state index in [2.05, 4.69) is 45.5 Å². The third kappa shape index (κ3) is 2.72. The van der Waals surface area contributed by atoms with Gasteiger partial charge >= 0.3 is 0 Å². The summed E-state index contributed by atoms with van der Waals surface area (Å²) in [5.74, 6) is -0.188. The maximum atomic E-state index is 13.2. The number of nitrogens with one attached hydrogen (secondary N) is 1. The van der Waals surface area contributed by atoms with Crippen molar-refractivity contribution in [3.63, 3.8) is 0 Å². The van der Waals surface area contributed by atoms with Crippen molar-refractivity contribution in [1.29, 1.82) is 0 Å². The summed E-state index contributed by atoms with van der Waals surface area (Å²) >= 11 is 3.47. The second-order valence-electron chi connectivity index (χ2n) is 4.91. The highest BCUT2D eigenvalue weighted by atomic mass is 79.9. The quantitative estimate of drug-likeness (QED) is 0.886. The molecule has 0 amide bonds. The molecule has 0 radical (unpaired) electrons. The predicted molar refractivity (Wildman–Crippen MR) is 78.4 cm³/mol. The molecule has 19 heavy (non-hydrogen) atoms. The summed E-state index contributed by atoms with van der Waals surface area (Å²) in [5, 5.41) is 3.53. The van der Waals surface area contributed by atoms with Gasteiger partial charge < -0.3 is 5.32 Å². The zero-order chi connectivity index (χ0) is 13.2. The summed E-state index contributed by atoms with van der Waals surface area (Å²) in [7, 11) is 0. The van der Waals surface area contributed by atoms with E-state index in [-0.39, 0.29) is 5.82 Å².